The van der Waals surface area contributed by atoms with E-state index in [0.717, 1.165) is 13.7 Å². The van der Waals surface area contributed by atoms with Crippen LogP contribution in [0.4, 0.5) is 11.4 Å². The maximum Gasteiger partial charge on any atom is 0.321 e. The number of rotatable bonds is 3. The largest absolute Gasteiger partial charge is 0.502 e. The summed E-state index contributed by atoms with van der Waals surface area (Å²) in [6.07, 6.45) is 5.58. The third-order valence-electron chi connectivity index (χ3n) is 2.80. The summed E-state index contributed by atoms with van der Waals surface area (Å²) >= 11 is 6.80. The molecule has 1 aromatic carbocycles. The molecule has 0 heterocycles. The van der Waals surface area contributed by atoms with Gasteiger partial charge in [-0.05, 0) is 37.9 Å². The topological polar surface area (TPSA) is 69.3 Å². The van der Waals surface area contributed by atoms with Crippen molar-refractivity contribution in [2.24, 2.45) is 0 Å². The maximum absolute atomic E-state index is 10.4. The fourth-order valence-electron chi connectivity index (χ4n) is 1.84. The Morgan fingerprint density at radius 1 is 1.30 bits per heavy atom. The van der Waals surface area contributed by atoms with Gasteiger partial charge in [0.25, 0.3) is 5.71 Å². The first-order valence-corrected chi connectivity index (χ1v) is 7.39. The summed E-state index contributed by atoms with van der Waals surface area (Å²) in [5, 5.41) is 20.2. The van der Waals surface area contributed by atoms with Crippen molar-refractivity contribution in [1.29, 1.82) is 0 Å². The molecule has 0 atom stereocenters. The minimum absolute atomic E-state index is 0.0393. The van der Waals surface area contributed by atoms with Crippen LogP contribution in [0.1, 0.15) is 6.42 Å². The number of nitrogens with zero attached hydrogens (tertiary/aromatic N) is 1. The minimum Gasteiger partial charge on any atom is -0.502 e. The number of aliphatic hydroxyl groups is 1. The number of hydrogen-bond acceptors (Lipinski definition) is 3. The Morgan fingerprint density at radius 3 is 2.65 bits per heavy atom. The van der Waals surface area contributed by atoms with Crippen molar-refractivity contribution < 1.29 is 25.4 Å². The molecule has 7 heteroatoms. The summed E-state index contributed by atoms with van der Waals surface area (Å²) in [4.78, 5) is 5.03. The lowest BCUT2D eigenvalue weighted by molar-refractivity contribution is -0.834. The summed E-state index contributed by atoms with van der Waals surface area (Å²) in [7, 11) is 1.54. The molecule has 5 nitrogen and oxygen atoms in total. The van der Waals surface area contributed by atoms with E-state index in [1.54, 1.807) is 12.1 Å². The predicted octanol–water partition coefficient (Wildman–Crippen LogP) is 2.84. The van der Waals surface area contributed by atoms with E-state index in [2.05, 4.69) is 31.9 Å². The lowest BCUT2D eigenvalue weighted by atomic mass is 10.1. The lowest BCUT2D eigenvalue weighted by Crippen LogP contribution is -2.76. The van der Waals surface area contributed by atoms with Crippen LogP contribution in [0, 0.1) is 0 Å². The number of nitrogens with two attached hydrogens (primary N) is 1. The van der Waals surface area contributed by atoms with Gasteiger partial charge in [-0.3, -0.25) is 5.21 Å². The molecule has 20 heavy (non-hydrogen) atoms. The highest BCUT2D eigenvalue weighted by Crippen LogP contribution is 2.32. The summed E-state index contributed by atoms with van der Waals surface area (Å²) in [6.45, 7) is 0. The van der Waals surface area contributed by atoms with Crippen molar-refractivity contribution in [3.05, 3.63) is 45.1 Å². The second kappa shape index (κ2) is 6.53. The van der Waals surface area contributed by atoms with Gasteiger partial charge >= 0.3 is 5.69 Å². The van der Waals surface area contributed by atoms with Crippen molar-refractivity contribution in [1.82, 2.24) is 0 Å². The Balaban J connectivity index is 2.56. The van der Waals surface area contributed by atoms with Crippen LogP contribution in [0.25, 0.3) is 0 Å². The van der Waals surface area contributed by atoms with Gasteiger partial charge in [-0.25, -0.2) is 4.84 Å². The Morgan fingerprint density at radius 2 is 2.00 bits per heavy atom. The smallest absolute Gasteiger partial charge is 0.321 e. The molecule has 0 aliphatic heterocycles. The molecule has 0 saturated heterocycles. The molecule has 0 saturated carbocycles. The monoisotopic (exact) mass is 404 g/mol. The molecular weight excluding hydrogens is 392 g/mol. The number of quaternary nitrogens is 1. The molecule has 1 aliphatic carbocycles. The van der Waals surface area contributed by atoms with Gasteiger partial charge in [0.2, 0.25) is 5.69 Å². The first-order chi connectivity index (χ1) is 9.54. The van der Waals surface area contributed by atoms with Crippen molar-refractivity contribution in [2.45, 2.75) is 6.42 Å². The van der Waals surface area contributed by atoms with E-state index in [0.29, 0.717) is 23.5 Å². The molecule has 1 aliphatic rings. The standard InChI is InChI=1S/C13H12Br2N2O3/c1-20-16-10-6-8(14)9(15)7-12(10)17(19)11-4-2-3-5-13(11)18/h2-3,5-7,16H,4H2,1H3,(H-,18,19)/p+2/b17-11-. The van der Waals surface area contributed by atoms with Crippen LogP contribution in [0.15, 0.2) is 45.1 Å². The summed E-state index contributed by atoms with van der Waals surface area (Å²) in [6, 6.07) is 3.56. The molecule has 1 aromatic rings. The lowest BCUT2D eigenvalue weighted by Gasteiger charge is -2.06. The second-order valence-corrected chi connectivity index (χ2v) is 5.83. The van der Waals surface area contributed by atoms with Gasteiger partial charge in [0, 0.05) is 25.8 Å². The third kappa shape index (κ3) is 3.12. The van der Waals surface area contributed by atoms with Crippen LogP contribution < -0.4 is 5.48 Å². The minimum atomic E-state index is 0.0393. The van der Waals surface area contributed by atoms with Gasteiger partial charge in [0.1, 0.15) is 0 Å². The molecule has 0 aromatic heterocycles. The van der Waals surface area contributed by atoms with E-state index in [-0.39, 0.29) is 5.76 Å². The van der Waals surface area contributed by atoms with E-state index >= 15 is 0 Å². The molecule has 0 amide bonds. The van der Waals surface area contributed by atoms with Crippen molar-refractivity contribution in [2.75, 3.05) is 7.11 Å². The number of benzene rings is 1. The van der Waals surface area contributed by atoms with Crippen LogP contribution in [-0.2, 0) is 4.84 Å². The average Bonchev–Trinajstić information content (AvgIpc) is 2.43. The zero-order valence-corrected chi connectivity index (χ0v) is 13.8. The molecule has 0 radical (unpaired) electrons. The van der Waals surface area contributed by atoms with Crippen LogP contribution >= 0.6 is 31.9 Å². The Labute approximate surface area is 133 Å². The van der Waals surface area contributed by atoms with Gasteiger partial charge in [0.15, 0.2) is 5.76 Å². The number of hydrogen-bond donors (Lipinski definition) is 3. The summed E-state index contributed by atoms with van der Waals surface area (Å²) in [5.41, 5.74) is 3.12. The number of halogens is 2. The van der Waals surface area contributed by atoms with E-state index in [1.165, 1.54) is 18.7 Å². The highest BCUT2D eigenvalue weighted by Gasteiger charge is 2.28. The normalized spacial score (nSPS) is 17.1. The molecule has 2 rings (SSSR count). The fourth-order valence-corrected chi connectivity index (χ4v) is 2.53. The second-order valence-electron chi connectivity index (χ2n) is 4.12. The van der Waals surface area contributed by atoms with Gasteiger partial charge in [0.05, 0.1) is 13.5 Å². The first kappa shape index (κ1) is 15.2. The zero-order chi connectivity index (χ0) is 14.7. The van der Waals surface area contributed by atoms with Gasteiger partial charge in [-0.15, -0.1) is 0 Å². The Bertz CT molecular complexity index is 624. The van der Waals surface area contributed by atoms with Gasteiger partial charge in [-0.2, -0.15) is 5.48 Å². The van der Waals surface area contributed by atoms with E-state index in [4.69, 9.17) is 4.84 Å². The summed E-state index contributed by atoms with van der Waals surface area (Å²) in [5.74, 6) is 0.0393. The highest BCUT2D eigenvalue weighted by atomic mass is 79.9. The van der Waals surface area contributed by atoms with Crippen LogP contribution in [-0.4, -0.2) is 27.9 Å². The molecule has 0 fully saturated rings. The molecular formula is C13H14Br2N2O3+2. The number of allylic oxidation sites excluding steroid dienone is 4. The molecule has 0 unspecified atom stereocenters. The highest BCUT2D eigenvalue weighted by molar-refractivity contribution is 9.13. The maximum atomic E-state index is 10.4. The predicted molar refractivity (Wildman–Crippen MR) is 81.6 cm³/mol. The quantitative estimate of drug-likeness (QED) is 0.313. The van der Waals surface area contributed by atoms with E-state index in [9.17, 15) is 10.3 Å². The first-order valence-electron chi connectivity index (χ1n) is 5.80. The SMILES string of the molecule is CO[NH2+]c1cc(Br)c(Br)cc1/[N+](O)=C1\CC=CC=C1O. The third-order valence-corrected chi connectivity index (χ3v) is 4.64. The molecule has 4 N–H and O–H groups in total. The number of aliphatic hydroxyl groups excluding tert-OH is 1. The Kier molecular flexibility index (Phi) is 4.98. The van der Waals surface area contributed by atoms with E-state index in [1.807, 2.05) is 12.1 Å². The van der Waals surface area contributed by atoms with Crippen molar-refractivity contribution in [3.63, 3.8) is 0 Å². The van der Waals surface area contributed by atoms with Crippen LogP contribution in [0.3, 0.4) is 0 Å². The van der Waals surface area contributed by atoms with Gasteiger partial charge in [-0.1, -0.05) is 12.2 Å². The molecule has 106 valence electrons. The van der Waals surface area contributed by atoms with Crippen molar-refractivity contribution in [3.8, 4) is 0 Å². The molecule has 0 spiro atoms. The van der Waals surface area contributed by atoms with Crippen LogP contribution in [0.5, 0.6) is 0 Å². The Hall–Kier alpha value is -1.15. The zero-order valence-electron chi connectivity index (χ0n) is 10.7. The fraction of sp³-hybridized carbons (Fsp3) is 0.154. The summed E-state index contributed by atoms with van der Waals surface area (Å²) < 4.78 is 2.60. The van der Waals surface area contributed by atoms with Gasteiger partial charge < -0.3 is 5.11 Å². The van der Waals surface area contributed by atoms with Crippen LogP contribution in [0.2, 0.25) is 0 Å². The van der Waals surface area contributed by atoms with E-state index < -0.39 is 0 Å². The van der Waals surface area contributed by atoms with Crippen molar-refractivity contribution >= 4 is 48.9 Å². The molecule has 0 bridgehead atoms. The average molecular weight is 406 g/mol.